The van der Waals surface area contributed by atoms with Crippen molar-refractivity contribution in [2.45, 2.75) is 52.4 Å². The van der Waals surface area contributed by atoms with Crippen LogP contribution in [0.15, 0.2) is 76.6 Å². The minimum Gasteiger partial charge on any atom is -0.490 e. The second-order valence-corrected chi connectivity index (χ2v) is 11.2. The molecule has 1 saturated heterocycles. The second kappa shape index (κ2) is 15.2. The molecule has 40 heavy (non-hydrogen) atoms. The molecule has 5 nitrogen and oxygen atoms in total. The van der Waals surface area contributed by atoms with E-state index in [1.54, 1.807) is 29.2 Å². The van der Waals surface area contributed by atoms with E-state index in [1.807, 2.05) is 55.5 Å². The second-order valence-electron chi connectivity index (χ2n) is 9.35. The summed E-state index contributed by atoms with van der Waals surface area (Å²) in [7, 11) is 0. The normalized spacial score (nSPS) is 15.3. The molecule has 0 N–H and O–H groups in total. The Balaban J connectivity index is 1.56. The molecule has 0 aromatic heterocycles. The standard InChI is InChI=1S/C32H34Cl2N2O3S/c1-3-5-6-7-8-9-20-39-28-19-10-23(21-29(28)38-4-2)22-30-31(37)36(27-17-13-25(34)14-18-27)32(40-30)35-26-15-11-24(33)12-16-26/h10-19,21-22H,3-9,20H2,1-2H3/b30-22+,35-32?. The fourth-order valence-electron chi connectivity index (χ4n) is 4.21. The van der Waals surface area contributed by atoms with E-state index in [0.29, 0.717) is 50.5 Å². The van der Waals surface area contributed by atoms with E-state index in [9.17, 15) is 4.79 Å². The molecule has 1 amide bonds. The summed E-state index contributed by atoms with van der Waals surface area (Å²) in [4.78, 5) is 20.5. The summed E-state index contributed by atoms with van der Waals surface area (Å²) in [6.45, 7) is 5.34. The van der Waals surface area contributed by atoms with Gasteiger partial charge in [-0.1, -0.05) is 68.3 Å². The van der Waals surface area contributed by atoms with Crippen molar-refractivity contribution in [3.05, 3.63) is 87.2 Å². The number of carbonyl (C=O) groups is 1. The molecule has 4 rings (SSSR count). The molecule has 0 unspecified atom stereocenters. The first-order valence-corrected chi connectivity index (χ1v) is 15.3. The van der Waals surface area contributed by atoms with E-state index in [1.165, 1.54) is 37.4 Å². The van der Waals surface area contributed by atoms with Gasteiger partial charge in [0.2, 0.25) is 0 Å². The van der Waals surface area contributed by atoms with Gasteiger partial charge in [-0.15, -0.1) is 0 Å². The summed E-state index contributed by atoms with van der Waals surface area (Å²) >= 11 is 13.5. The van der Waals surface area contributed by atoms with Crippen molar-refractivity contribution in [1.82, 2.24) is 0 Å². The average molecular weight is 598 g/mol. The molecular weight excluding hydrogens is 563 g/mol. The lowest BCUT2D eigenvalue weighted by atomic mass is 10.1. The van der Waals surface area contributed by atoms with Crippen molar-refractivity contribution in [3.63, 3.8) is 0 Å². The van der Waals surface area contributed by atoms with Crippen molar-refractivity contribution in [1.29, 1.82) is 0 Å². The first-order chi connectivity index (χ1) is 19.5. The van der Waals surface area contributed by atoms with Gasteiger partial charge in [0.05, 0.1) is 29.5 Å². The number of ether oxygens (including phenoxy) is 2. The molecule has 210 valence electrons. The lowest BCUT2D eigenvalue weighted by Crippen LogP contribution is -2.28. The van der Waals surface area contributed by atoms with Gasteiger partial charge >= 0.3 is 0 Å². The van der Waals surface area contributed by atoms with Crippen LogP contribution in [0, 0.1) is 0 Å². The number of benzene rings is 3. The maximum atomic E-state index is 13.6. The summed E-state index contributed by atoms with van der Waals surface area (Å²) < 4.78 is 11.9. The molecule has 0 aliphatic carbocycles. The minimum absolute atomic E-state index is 0.165. The van der Waals surface area contributed by atoms with Crippen LogP contribution < -0.4 is 14.4 Å². The maximum absolute atomic E-state index is 13.6. The lowest BCUT2D eigenvalue weighted by molar-refractivity contribution is -0.113. The third-order valence-electron chi connectivity index (χ3n) is 6.26. The summed E-state index contributed by atoms with van der Waals surface area (Å²) in [5.74, 6) is 1.22. The van der Waals surface area contributed by atoms with Crippen LogP contribution in [0.1, 0.15) is 57.9 Å². The zero-order valence-electron chi connectivity index (χ0n) is 22.9. The van der Waals surface area contributed by atoms with E-state index in [2.05, 4.69) is 6.92 Å². The highest BCUT2D eigenvalue weighted by Gasteiger charge is 2.34. The maximum Gasteiger partial charge on any atom is 0.271 e. The molecule has 3 aromatic carbocycles. The molecule has 1 heterocycles. The Morgan fingerprint density at radius 2 is 1.50 bits per heavy atom. The van der Waals surface area contributed by atoms with Gasteiger partial charge in [-0.25, -0.2) is 4.99 Å². The van der Waals surface area contributed by atoms with Crippen LogP contribution in [0.3, 0.4) is 0 Å². The zero-order valence-corrected chi connectivity index (χ0v) is 25.2. The first-order valence-electron chi connectivity index (χ1n) is 13.7. The Kier molecular flexibility index (Phi) is 11.4. The molecule has 0 atom stereocenters. The molecule has 3 aromatic rings. The average Bonchev–Trinajstić information content (AvgIpc) is 3.25. The van der Waals surface area contributed by atoms with Gasteiger partial charge in [-0.05, 0) is 97.4 Å². The van der Waals surface area contributed by atoms with Crippen molar-refractivity contribution in [3.8, 4) is 11.5 Å². The number of hydrogen-bond donors (Lipinski definition) is 0. The van der Waals surface area contributed by atoms with Crippen LogP contribution in [0.4, 0.5) is 11.4 Å². The fourth-order valence-corrected chi connectivity index (χ4v) is 5.46. The molecular formula is C32H34Cl2N2O3S. The van der Waals surface area contributed by atoms with Crippen molar-refractivity contribution in [2.24, 2.45) is 4.99 Å². The lowest BCUT2D eigenvalue weighted by Gasteiger charge is -2.15. The molecule has 0 radical (unpaired) electrons. The summed E-state index contributed by atoms with van der Waals surface area (Å²) in [5, 5.41) is 1.76. The Hall–Kier alpha value is -2.93. The highest BCUT2D eigenvalue weighted by Crippen LogP contribution is 2.39. The quantitative estimate of drug-likeness (QED) is 0.145. The van der Waals surface area contributed by atoms with Gasteiger partial charge in [-0.2, -0.15) is 0 Å². The number of unbranched alkanes of at least 4 members (excludes halogenated alkanes) is 5. The number of aliphatic imine (C=N–C) groups is 1. The van der Waals surface area contributed by atoms with Crippen LogP contribution in [0.25, 0.3) is 6.08 Å². The largest absolute Gasteiger partial charge is 0.490 e. The summed E-state index contributed by atoms with van der Waals surface area (Å²) in [6, 6.07) is 20.1. The molecule has 0 spiro atoms. The third-order valence-corrected chi connectivity index (χ3v) is 7.74. The smallest absolute Gasteiger partial charge is 0.271 e. The number of amidine groups is 1. The van der Waals surface area contributed by atoms with E-state index in [4.69, 9.17) is 37.7 Å². The van der Waals surface area contributed by atoms with Gasteiger partial charge in [0.25, 0.3) is 5.91 Å². The molecule has 0 bridgehead atoms. The van der Waals surface area contributed by atoms with E-state index in [0.717, 1.165) is 24.2 Å². The van der Waals surface area contributed by atoms with Gasteiger partial charge in [0, 0.05) is 10.0 Å². The Labute approximate surface area is 251 Å². The number of halogens is 2. The number of rotatable bonds is 13. The SMILES string of the molecule is CCCCCCCCOc1ccc(/C=C2/SC(=Nc3ccc(Cl)cc3)N(c3ccc(Cl)cc3)C2=O)cc1OCC. The predicted octanol–water partition coefficient (Wildman–Crippen LogP) is 9.94. The molecule has 1 aliphatic rings. The number of anilines is 1. The van der Waals surface area contributed by atoms with Gasteiger partial charge in [0.15, 0.2) is 16.7 Å². The predicted molar refractivity (Wildman–Crippen MR) is 170 cm³/mol. The molecule has 8 heteroatoms. The zero-order chi connectivity index (χ0) is 28.3. The summed E-state index contributed by atoms with van der Waals surface area (Å²) in [5.41, 5.74) is 2.23. The van der Waals surface area contributed by atoms with Crippen LogP contribution in [0.2, 0.25) is 10.0 Å². The molecule has 1 aliphatic heterocycles. The highest BCUT2D eigenvalue weighted by atomic mass is 35.5. The van der Waals surface area contributed by atoms with Crippen molar-refractivity contribution < 1.29 is 14.3 Å². The molecule has 0 saturated carbocycles. The van der Waals surface area contributed by atoms with E-state index < -0.39 is 0 Å². The van der Waals surface area contributed by atoms with Crippen molar-refractivity contribution >= 4 is 63.5 Å². The fraction of sp³-hybridized carbons (Fsp3) is 0.312. The first kappa shape index (κ1) is 30.0. The number of nitrogens with zero attached hydrogens (tertiary/aromatic N) is 2. The Bertz CT molecular complexity index is 1340. The molecule has 1 fully saturated rings. The number of thioether (sulfide) groups is 1. The van der Waals surface area contributed by atoms with Crippen molar-refractivity contribution in [2.75, 3.05) is 18.1 Å². The monoisotopic (exact) mass is 596 g/mol. The summed E-state index contributed by atoms with van der Waals surface area (Å²) in [6.07, 6.45) is 9.10. The third kappa shape index (κ3) is 8.29. The Morgan fingerprint density at radius 3 is 2.20 bits per heavy atom. The van der Waals surface area contributed by atoms with Gasteiger partial charge in [-0.3, -0.25) is 9.69 Å². The number of amides is 1. The van der Waals surface area contributed by atoms with E-state index >= 15 is 0 Å². The van der Waals surface area contributed by atoms with Crippen LogP contribution in [0.5, 0.6) is 11.5 Å². The van der Waals surface area contributed by atoms with Crippen LogP contribution in [-0.4, -0.2) is 24.3 Å². The van der Waals surface area contributed by atoms with Crippen LogP contribution >= 0.6 is 35.0 Å². The van der Waals surface area contributed by atoms with Crippen LogP contribution in [-0.2, 0) is 4.79 Å². The number of hydrogen-bond acceptors (Lipinski definition) is 5. The Morgan fingerprint density at radius 1 is 0.825 bits per heavy atom. The number of carbonyl (C=O) groups excluding carboxylic acids is 1. The minimum atomic E-state index is -0.165. The van der Waals surface area contributed by atoms with Gasteiger partial charge in [0.1, 0.15) is 0 Å². The topological polar surface area (TPSA) is 51.1 Å². The van der Waals surface area contributed by atoms with E-state index in [-0.39, 0.29) is 5.91 Å². The van der Waals surface area contributed by atoms with Gasteiger partial charge < -0.3 is 9.47 Å². The highest BCUT2D eigenvalue weighted by molar-refractivity contribution is 8.19.